The fourth-order valence-corrected chi connectivity index (χ4v) is 6.24. The summed E-state index contributed by atoms with van der Waals surface area (Å²) in [6.07, 6.45) is 2.87. The Balaban J connectivity index is 1.94. The summed E-state index contributed by atoms with van der Waals surface area (Å²) in [7, 11) is 1.92. The van der Waals surface area contributed by atoms with Crippen molar-refractivity contribution in [2.45, 2.75) is 98.6 Å². The molecule has 3 rings (SSSR count). The maximum absolute atomic E-state index is 13.5. The van der Waals surface area contributed by atoms with Crippen molar-refractivity contribution >= 4 is 29.2 Å². The third-order valence-electron chi connectivity index (χ3n) is 8.33. The summed E-state index contributed by atoms with van der Waals surface area (Å²) in [6.45, 7) is 13.6. The van der Waals surface area contributed by atoms with Crippen LogP contribution in [0.5, 0.6) is 0 Å². The lowest BCUT2D eigenvalue weighted by Gasteiger charge is -2.35. The highest BCUT2D eigenvalue weighted by Gasteiger charge is 2.43. The summed E-state index contributed by atoms with van der Waals surface area (Å²) < 4.78 is 5.90. The van der Waals surface area contributed by atoms with Gasteiger partial charge in [0.05, 0.1) is 40.8 Å². The standard InChI is InChI=1S/C30H46N2O6S/c1-17-9-10-24(18(2)12-23-16-39-21(5)31-23)37-27(34)14-26(33)30(6,7)29(36)20(4)28(35)19(3)13-25-22(11-17)15-32(8)38-25/h9,12,16,19-20,22,24-26,28,33,35H,10-11,13-15H2,1-8H3/t19-,20+,22?,24-,25?,26-,28-/m0/s1. The van der Waals surface area contributed by atoms with E-state index in [1.165, 1.54) is 5.57 Å². The van der Waals surface area contributed by atoms with Crippen LogP contribution >= 0.6 is 11.3 Å². The zero-order chi connectivity index (χ0) is 29.1. The molecule has 1 fully saturated rings. The van der Waals surface area contributed by atoms with E-state index < -0.39 is 35.6 Å². The number of esters is 1. The number of carbonyl (C=O) groups excluding carboxylic acids is 2. The number of hydrogen-bond donors (Lipinski definition) is 2. The van der Waals surface area contributed by atoms with Crippen molar-refractivity contribution in [3.8, 4) is 0 Å². The predicted octanol–water partition coefficient (Wildman–Crippen LogP) is 4.74. The van der Waals surface area contributed by atoms with Crippen LogP contribution < -0.4 is 0 Å². The average molecular weight is 563 g/mol. The van der Waals surface area contributed by atoms with Gasteiger partial charge in [-0.15, -0.1) is 11.3 Å². The van der Waals surface area contributed by atoms with E-state index in [-0.39, 0.29) is 30.1 Å². The summed E-state index contributed by atoms with van der Waals surface area (Å²) in [5.74, 6) is -1.52. The molecule has 0 aromatic carbocycles. The lowest BCUT2D eigenvalue weighted by Crippen LogP contribution is -2.46. The molecule has 0 radical (unpaired) electrons. The number of allylic oxidation sites excluding steroid dienone is 1. The number of Topliss-reactive ketones (excluding diaryl/α,β-unsaturated/α-hetero) is 1. The Morgan fingerprint density at radius 3 is 2.54 bits per heavy atom. The van der Waals surface area contributed by atoms with Crippen molar-refractivity contribution in [2.24, 2.45) is 23.2 Å². The number of nitrogens with zero attached hydrogens (tertiary/aromatic N) is 2. The third-order valence-corrected chi connectivity index (χ3v) is 9.12. The second-order valence-electron chi connectivity index (χ2n) is 12.2. The minimum atomic E-state index is -1.25. The molecule has 0 amide bonds. The molecule has 2 aliphatic rings. The van der Waals surface area contributed by atoms with E-state index >= 15 is 0 Å². The van der Waals surface area contributed by atoms with Crippen molar-refractivity contribution in [3.05, 3.63) is 33.3 Å². The summed E-state index contributed by atoms with van der Waals surface area (Å²) in [4.78, 5) is 37.1. The fraction of sp³-hybridized carbons (Fsp3) is 0.700. The third kappa shape index (κ3) is 8.07. The number of aliphatic hydroxyl groups excluding tert-OH is 2. The molecule has 9 heteroatoms. The molecule has 3 heterocycles. The van der Waals surface area contributed by atoms with Crippen molar-refractivity contribution in [1.82, 2.24) is 10.0 Å². The van der Waals surface area contributed by atoms with Gasteiger partial charge in [-0.05, 0) is 51.2 Å². The van der Waals surface area contributed by atoms with Crippen LogP contribution in [0.1, 0.15) is 77.9 Å². The Hall–Kier alpha value is -1.91. The van der Waals surface area contributed by atoms with E-state index in [0.29, 0.717) is 12.8 Å². The topological polar surface area (TPSA) is 109 Å². The second kappa shape index (κ2) is 13.2. The number of rotatable bonds is 2. The zero-order valence-corrected chi connectivity index (χ0v) is 25.5. The van der Waals surface area contributed by atoms with Crippen LogP contribution in [0.15, 0.2) is 22.6 Å². The van der Waals surface area contributed by atoms with Gasteiger partial charge in [0.25, 0.3) is 0 Å². The van der Waals surface area contributed by atoms with Crippen LogP contribution in [0.4, 0.5) is 0 Å². The van der Waals surface area contributed by atoms with Crippen LogP contribution in [0.3, 0.4) is 0 Å². The van der Waals surface area contributed by atoms with Gasteiger partial charge in [0.2, 0.25) is 0 Å². The van der Waals surface area contributed by atoms with Crippen molar-refractivity contribution in [3.63, 3.8) is 0 Å². The monoisotopic (exact) mass is 562 g/mol. The highest BCUT2D eigenvalue weighted by molar-refractivity contribution is 7.09. The minimum absolute atomic E-state index is 0.0808. The van der Waals surface area contributed by atoms with Crippen LogP contribution in [0.2, 0.25) is 0 Å². The normalized spacial score (nSPS) is 34.3. The van der Waals surface area contributed by atoms with Crippen LogP contribution in [-0.2, 0) is 19.2 Å². The van der Waals surface area contributed by atoms with E-state index in [1.54, 1.807) is 32.1 Å². The van der Waals surface area contributed by atoms with Crippen molar-refractivity contribution < 1.29 is 29.4 Å². The van der Waals surface area contributed by atoms with Gasteiger partial charge < -0.3 is 14.9 Å². The summed E-state index contributed by atoms with van der Waals surface area (Å²) >= 11 is 1.56. The molecule has 1 aromatic heterocycles. The fourth-order valence-electron chi connectivity index (χ4n) is 5.67. The molecule has 0 bridgehead atoms. The molecule has 8 nitrogen and oxygen atoms in total. The number of ketones is 1. The predicted molar refractivity (Wildman–Crippen MR) is 153 cm³/mol. The zero-order valence-electron chi connectivity index (χ0n) is 24.6. The number of fused-ring (bicyclic) bond motifs is 1. The van der Waals surface area contributed by atoms with Gasteiger partial charge in [-0.3, -0.25) is 14.4 Å². The lowest BCUT2D eigenvalue weighted by molar-refractivity contribution is -0.154. The van der Waals surface area contributed by atoms with Gasteiger partial charge in [-0.25, -0.2) is 4.98 Å². The van der Waals surface area contributed by atoms with Gasteiger partial charge in [-0.1, -0.05) is 39.3 Å². The Bertz CT molecular complexity index is 1080. The van der Waals surface area contributed by atoms with Crippen LogP contribution in [0, 0.1) is 30.1 Å². The molecule has 218 valence electrons. The molecule has 0 aliphatic carbocycles. The molecule has 1 aromatic rings. The molecule has 0 saturated carbocycles. The quantitative estimate of drug-likeness (QED) is 0.393. The van der Waals surface area contributed by atoms with Gasteiger partial charge in [0, 0.05) is 37.2 Å². The minimum Gasteiger partial charge on any atom is -0.457 e. The second-order valence-corrected chi connectivity index (χ2v) is 13.2. The molecule has 2 unspecified atom stereocenters. The van der Waals surface area contributed by atoms with Gasteiger partial charge in [0.15, 0.2) is 0 Å². The number of hydroxylamine groups is 2. The molecular formula is C30H46N2O6S. The van der Waals surface area contributed by atoms with Crippen molar-refractivity contribution in [2.75, 3.05) is 13.6 Å². The number of hydrogen-bond acceptors (Lipinski definition) is 9. The number of cyclic esters (lactones) is 1. The maximum atomic E-state index is 13.5. The molecule has 1 saturated heterocycles. The highest BCUT2D eigenvalue weighted by atomic mass is 32.1. The molecule has 39 heavy (non-hydrogen) atoms. The SMILES string of the molecule is CC1=CC[C@@H](C(C)=Cc2csc(C)n2)OC(=O)C[C@H](O)C(C)(C)C(=O)[C@H](C)[C@@H](O)[C@@H](C)CC2ON(C)CC2C1. The van der Waals surface area contributed by atoms with Gasteiger partial charge in [-0.2, -0.15) is 5.06 Å². The van der Waals surface area contributed by atoms with Gasteiger partial charge in [0.1, 0.15) is 11.9 Å². The Morgan fingerprint density at radius 1 is 1.21 bits per heavy atom. The first-order valence-corrected chi connectivity index (χ1v) is 14.8. The molecule has 7 atom stereocenters. The number of aryl methyl sites for hydroxylation is 1. The molecule has 0 spiro atoms. The summed E-state index contributed by atoms with van der Waals surface area (Å²) in [6, 6.07) is 0. The van der Waals surface area contributed by atoms with E-state index in [0.717, 1.165) is 29.2 Å². The van der Waals surface area contributed by atoms with E-state index in [2.05, 4.69) is 18.0 Å². The molecule has 2 N–H and O–H groups in total. The van der Waals surface area contributed by atoms with Gasteiger partial charge >= 0.3 is 5.97 Å². The highest BCUT2D eigenvalue weighted by Crippen LogP contribution is 2.35. The maximum Gasteiger partial charge on any atom is 0.309 e. The first kappa shape index (κ1) is 31.6. The van der Waals surface area contributed by atoms with E-state index in [9.17, 15) is 19.8 Å². The largest absolute Gasteiger partial charge is 0.457 e. The summed E-state index contributed by atoms with van der Waals surface area (Å²) in [5, 5.41) is 26.9. The average Bonchev–Trinajstić information content (AvgIpc) is 3.42. The van der Waals surface area contributed by atoms with Crippen molar-refractivity contribution in [1.29, 1.82) is 0 Å². The van der Waals surface area contributed by atoms with Crippen LogP contribution in [0.25, 0.3) is 6.08 Å². The van der Waals surface area contributed by atoms with E-state index in [1.807, 2.05) is 44.3 Å². The smallest absolute Gasteiger partial charge is 0.309 e. The molecule has 2 aliphatic heterocycles. The number of carbonyl (C=O) groups is 2. The summed E-state index contributed by atoms with van der Waals surface area (Å²) in [5.41, 5.74) is 1.60. The van der Waals surface area contributed by atoms with Crippen LogP contribution in [-0.4, -0.2) is 70.0 Å². The lowest BCUT2D eigenvalue weighted by atomic mass is 9.72. The Labute approximate surface area is 237 Å². The Kier molecular flexibility index (Phi) is 10.7. The first-order valence-electron chi connectivity index (χ1n) is 13.9. The number of ether oxygens (including phenoxy) is 1. The van der Waals surface area contributed by atoms with E-state index in [4.69, 9.17) is 9.57 Å². The first-order chi connectivity index (χ1) is 18.2. The number of aliphatic hydroxyl groups is 2. The molecular weight excluding hydrogens is 516 g/mol. The Morgan fingerprint density at radius 2 is 1.90 bits per heavy atom. The number of thiazole rings is 1. The number of aromatic nitrogens is 1.